The van der Waals surface area contributed by atoms with Crippen molar-refractivity contribution < 1.29 is 5.11 Å². The largest absolute Gasteiger partial charge is 0.383 e. The number of rotatable bonds is 1. The van der Waals surface area contributed by atoms with E-state index in [9.17, 15) is 5.11 Å². The van der Waals surface area contributed by atoms with Gasteiger partial charge in [-0.05, 0) is 24.2 Å². The maximum Gasteiger partial charge on any atom is 0.111 e. The first kappa shape index (κ1) is 12.6. The summed E-state index contributed by atoms with van der Waals surface area (Å²) in [5, 5.41) is 19.0. The van der Waals surface area contributed by atoms with Crippen LogP contribution in [0.15, 0.2) is 6.20 Å². The number of aromatic nitrogens is 3. The third-order valence-electron chi connectivity index (χ3n) is 4.08. The molecule has 0 bridgehead atoms. The Hall–Kier alpha value is -0.900. The van der Waals surface area contributed by atoms with Gasteiger partial charge < -0.3 is 5.11 Å². The molecule has 0 aromatic carbocycles. The van der Waals surface area contributed by atoms with Gasteiger partial charge in [0.25, 0.3) is 0 Å². The van der Waals surface area contributed by atoms with Gasteiger partial charge in [-0.1, -0.05) is 38.8 Å². The summed E-state index contributed by atoms with van der Waals surface area (Å²) < 4.78 is 1.71. The van der Waals surface area contributed by atoms with Crippen molar-refractivity contribution in [2.24, 2.45) is 18.4 Å². The van der Waals surface area contributed by atoms with Gasteiger partial charge in [0.15, 0.2) is 0 Å². The van der Waals surface area contributed by atoms with Crippen molar-refractivity contribution in [1.29, 1.82) is 0 Å². The summed E-state index contributed by atoms with van der Waals surface area (Å²) in [6.45, 7) is 6.62. The first-order chi connectivity index (χ1) is 7.86. The van der Waals surface area contributed by atoms with Crippen molar-refractivity contribution in [3.8, 4) is 0 Å². The summed E-state index contributed by atoms with van der Waals surface area (Å²) in [4.78, 5) is 0. The van der Waals surface area contributed by atoms with Crippen molar-refractivity contribution in [3.05, 3.63) is 11.9 Å². The van der Waals surface area contributed by atoms with Crippen LogP contribution in [0.2, 0.25) is 0 Å². The second-order valence-electron chi connectivity index (χ2n) is 6.33. The van der Waals surface area contributed by atoms with E-state index in [1.807, 2.05) is 7.05 Å². The minimum absolute atomic E-state index is 0.0967. The summed E-state index contributed by atoms with van der Waals surface area (Å²) in [5.41, 5.74) is 0.186. The molecule has 4 nitrogen and oxygen atoms in total. The quantitative estimate of drug-likeness (QED) is 0.815. The highest BCUT2D eigenvalue weighted by Crippen LogP contribution is 2.49. The Kier molecular flexibility index (Phi) is 3.02. The highest BCUT2D eigenvalue weighted by Gasteiger charge is 2.47. The lowest BCUT2D eigenvalue weighted by atomic mass is 9.63. The van der Waals surface area contributed by atoms with Gasteiger partial charge in [-0.3, -0.25) is 0 Å². The highest BCUT2D eigenvalue weighted by atomic mass is 16.3. The molecule has 1 saturated carbocycles. The zero-order valence-corrected chi connectivity index (χ0v) is 11.3. The molecule has 0 radical (unpaired) electrons. The monoisotopic (exact) mass is 237 g/mol. The summed E-state index contributed by atoms with van der Waals surface area (Å²) >= 11 is 0. The van der Waals surface area contributed by atoms with Gasteiger partial charge in [0.1, 0.15) is 5.60 Å². The van der Waals surface area contributed by atoms with Gasteiger partial charge in [0.2, 0.25) is 0 Å². The third-order valence-corrected chi connectivity index (χ3v) is 4.08. The predicted molar refractivity (Wildman–Crippen MR) is 66.3 cm³/mol. The number of aryl methyl sites for hydroxylation is 1. The molecule has 1 heterocycles. The van der Waals surface area contributed by atoms with Crippen molar-refractivity contribution in [2.75, 3.05) is 0 Å². The van der Waals surface area contributed by atoms with Gasteiger partial charge in [0.05, 0.1) is 11.9 Å². The molecular formula is C13H23N3O. The van der Waals surface area contributed by atoms with E-state index in [0.29, 0.717) is 0 Å². The molecule has 1 aliphatic carbocycles. The molecule has 0 amide bonds. The number of nitrogens with zero attached hydrogens (tertiary/aromatic N) is 3. The lowest BCUT2D eigenvalue weighted by Crippen LogP contribution is -2.45. The number of aliphatic hydroxyl groups is 1. The third kappa shape index (κ3) is 2.10. The second kappa shape index (κ2) is 4.09. The second-order valence-corrected chi connectivity index (χ2v) is 6.33. The lowest BCUT2D eigenvalue weighted by Gasteiger charge is -2.46. The van der Waals surface area contributed by atoms with E-state index in [-0.39, 0.29) is 11.3 Å². The summed E-state index contributed by atoms with van der Waals surface area (Å²) in [5.74, 6) is 0.265. The molecule has 17 heavy (non-hydrogen) atoms. The molecule has 1 aliphatic rings. The van der Waals surface area contributed by atoms with Crippen LogP contribution in [0.3, 0.4) is 0 Å². The zero-order valence-electron chi connectivity index (χ0n) is 11.3. The molecule has 2 unspecified atom stereocenters. The Morgan fingerprint density at radius 1 is 1.41 bits per heavy atom. The van der Waals surface area contributed by atoms with Crippen LogP contribution in [0.1, 0.15) is 52.1 Å². The highest BCUT2D eigenvalue weighted by molar-refractivity contribution is 5.13. The van der Waals surface area contributed by atoms with E-state index in [1.165, 1.54) is 6.42 Å². The Morgan fingerprint density at radius 2 is 2.12 bits per heavy atom. The average Bonchev–Trinajstić information content (AvgIpc) is 2.64. The van der Waals surface area contributed by atoms with Gasteiger partial charge in [-0.15, -0.1) is 5.10 Å². The van der Waals surface area contributed by atoms with Crippen LogP contribution in [0.25, 0.3) is 0 Å². The first-order valence-corrected chi connectivity index (χ1v) is 6.43. The van der Waals surface area contributed by atoms with Crippen LogP contribution in [-0.2, 0) is 12.6 Å². The average molecular weight is 237 g/mol. The zero-order chi connectivity index (χ0) is 12.7. The van der Waals surface area contributed by atoms with E-state index in [0.717, 1.165) is 25.0 Å². The van der Waals surface area contributed by atoms with Crippen LogP contribution in [0.5, 0.6) is 0 Å². The predicted octanol–water partition coefficient (Wildman–Crippen LogP) is 2.24. The molecule has 2 rings (SSSR count). The standard InChI is InChI=1S/C13H23N3O/c1-12(2,3)10-7-5-6-8-13(10,17)11-9-14-15-16(11)4/h9-10,17H,5-8H2,1-4H3. The molecule has 1 aromatic rings. The fraction of sp³-hybridized carbons (Fsp3) is 0.846. The van der Waals surface area contributed by atoms with Crippen molar-refractivity contribution in [2.45, 2.75) is 52.1 Å². The summed E-state index contributed by atoms with van der Waals surface area (Å²) in [7, 11) is 1.86. The van der Waals surface area contributed by atoms with Crippen LogP contribution in [0.4, 0.5) is 0 Å². The Morgan fingerprint density at radius 3 is 2.65 bits per heavy atom. The molecule has 0 aliphatic heterocycles. The fourth-order valence-electron chi connectivity index (χ4n) is 3.29. The maximum atomic E-state index is 11.1. The summed E-state index contributed by atoms with van der Waals surface area (Å²) in [6.07, 6.45) is 5.88. The molecular weight excluding hydrogens is 214 g/mol. The number of hydrogen-bond donors (Lipinski definition) is 1. The van der Waals surface area contributed by atoms with Crippen LogP contribution >= 0.6 is 0 Å². The van der Waals surface area contributed by atoms with Gasteiger partial charge in [0, 0.05) is 7.05 Å². The minimum atomic E-state index is -0.769. The molecule has 4 heteroatoms. The fourth-order valence-corrected chi connectivity index (χ4v) is 3.29. The topological polar surface area (TPSA) is 50.9 Å². The van der Waals surface area contributed by atoms with Gasteiger partial charge in [-0.25, -0.2) is 4.68 Å². The molecule has 1 N–H and O–H groups in total. The molecule has 2 atom stereocenters. The SMILES string of the molecule is Cn1nncc1C1(O)CCCCC1C(C)(C)C. The minimum Gasteiger partial charge on any atom is -0.383 e. The Labute approximate surface area is 103 Å². The van der Waals surface area contributed by atoms with E-state index in [1.54, 1.807) is 10.9 Å². The van der Waals surface area contributed by atoms with Crippen molar-refractivity contribution >= 4 is 0 Å². The molecule has 0 spiro atoms. The van der Waals surface area contributed by atoms with Crippen LogP contribution in [0, 0.1) is 11.3 Å². The van der Waals surface area contributed by atoms with Gasteiger partial charge in [-0.2, -0.15) is 0 Å². The van der Waals surface area contributed by atoms with E-state index in [4.69, 9.17) is 0 Å². The molecule has 0 saturated heterocycles. The van der Waals surface area contributed by atoms with E-state index >= 15 is 0 Å². The number of hydrogen-bond acceptors (Lipinski definition) is 3. The first-order valence-electron chi connectivity index (χ1n) is 6.43. The summed E-state index contributed by atoms with van der Waals surface area (Å²) in [6, 6.07) is 0. The Bertz CT molecular complexity index is 394. The lowest BCUT2D eigenvalue weighted by molar-refractivity contribution is -0.101. The van der Waals surface area contributed by atoms with Crippen molar-refractivity contribution in [1.82, 2.24) is 15.0 Å². The maximum absolute atomic E-state index is 11.1. The Balaban J connectivity index is 2.42. The molecule has 1 aromatic heterocycles. The molecule has 96 valence electrons. The van der Waals surface area contributed by atoms with E-state index in [2.05, 4.69) is 31.1 Å². The van der Waals surface area contributed by atoms with Crippen molar-refractivity contribution in [3.63, 3.8) is 0 Å². The van der Waals surface area contributed by atoms with Crippen LogP contribution < -0.4 is 0 Å². The van der Waals surface area contributed by atoms with Gasteiger partial charge >= 0.3 is 0 Å². The van der Waals surface area contributed by atoms with E-state index < -0.39 is 5.60 Å². The smallest absolute Gasteiger partial charge is 0.111 e. The molecule has 1 fully saturated rings. The normalized spacial score (nSPS) is 30.5. The van der Waals surface area contributed by atoms with Crippen LogP contribution in [-0.4, -0.2) is 20.1 Å².